The summed E-state index contributed by atoms with van der Waals surface area (Å²) in [6, 6.07) is 14.4. The zero-order chi connectivity index (χ0) is 21.2. The molecule has 1 saturated heterocycles. The van der Waals surface area contributed by atoms with Gasteiger partial charge in [-0.1, -0.05) is 29.8 Å². The van der Waals surface area contributed by atoms with Crippen molar-refractivity contribution >= 4 is 28.5 Å². The molecule has 7 nitrogen and oxygen atoms in total. The number of nitrogens with zero attached hydrogens (tertiary/aromatic N) is 4. The maximum Gasteiger partial charge on any atom is 0.296 e. The standard InChI is InChI=1S/C23H22ClN5O2/c1-15(17-3-2-8-25-14-17)31-23-26-20-13-19(24)21(27-22(20)28-23)16-4-6-18(7-5-16)29-9-11-30-12-10-29/h2-8,13-15H,9-12H2,1H3,(H,26,27,28). The summed E-state index contributed by atoms with van der Waals surface area (Å²) in [6.07, 6.45) is 3.32. The predicted molar refractivity (Wildman–Crippen MR) is 121 cm³/mol. The lowest BCUT2D eigenvalue weighted by Gasteiger charge is -2.28. The molecule has 0 saturated carbocycles. The number of aromatic nitrogens is 4. The molecule has 3 aromatic heterocycles. The number of morpholine rings is 1. The maximum atomic E-state index is 6.55. The predicted octanol–water partition coefficient (Wildman–Crippen LogP) is 4.65. The van der Waals surface area contributed by atoms with Crippen molar-refractivity contribution < 1.29 is 9.47 Å². The summed E-state index contributed by atoms with van der Waals surface area (Å²) in [4.78, 5) is 18.8. The average molecular weight is 436 g/mol. The number of imidazole rings is 1. The largest absolute Gasteiger partial charge is 0.457 e. The number of hydrogen-bond acceptors (Lipinski definition) is 6. The van der Waals surface area contributed by atoms with Crippen LogP contribution in [0, 0.1) is 0 Å². The molecule has 0 spiro atoms. The minimum absolute atomic E-state index is 0.197. The highest BCUT2D eigenvalue weighted by Gasteiger charge is 2.16. The lowest BCUT2D eigenvalue weighted by atomic mass is 10.1. The minimum Gasteiger partial charge on any atom is -0.457 e. The summed E-state index contributed by atoms with van der Waals surface area (Å²) < 4.78 is 11.4. The SMILES string of the molecule is CC(Oc1nc2nc(-c3ccc(N4CCOCC4)cc3)c(Cl)cc2[nH]1)c1cccnc1. The van der Waals surface area contributed by atoms with E-state index in [0.717, 1.165) is 42.9 Å². The van der Waals surface area contributed by atoms with Gasteiger partial charge in [0.2, 0.25) is 0 Å². The molecule has 1 N–H and O–H groups in total. The number of benzene rings is 1. The van der Waals surface area contributed by atoms with Gasteiger partial charge in [-0.3, -0.25) is 4.98 Å². The van der Waals surface area contributed by atoms with E-state index in [1.807, 2.05) is 37.3 Å². The van der Waals surface area contributed by atoms with Crippen molar-refractivity contribution in [1.82, 2.24) is 19.9 Å². The van der Waals surface area contributed by atoms with Crippen molar-refractivity contribution in [3.8, 4) is 17.3 Å². The Morgan fingerprint density at radius 1 is 1.13 bits per heavy atom. The summed E-state index contributed by atoms with van der Waals surface area (Å²) in [6.45, 7) is 5.27. The number of aromatic amines is 1. The first-order valence-corrected chi connectivity index (χ1v) is 10.6. The highest BCUT2D eigenvalue weighted by atomic mass is 35.5. The quantitative estimate of drug-likeness (QED) is 0.491. The molecule has 0 radical (unpaired) electrons. The summed E-state index contributed by atoms with van der Waals surface area (Å²) in [5.41, 5.74) is 5.07. The van der Waals surface area contributed by atoms with E-state index in [4.69, 9.17) is 21.1 Å². The Labute approximate surface area is 185 Å². The molecular weight excluding hydrogens is 414 g/mol. The molecule has 0 aliphatic carbocycles. The van der Waals surface area contributed by atoms with Crippen LogP contribution >= 0.6 is 11.6 Å². The molecule has 4 heterocycles. The van der Waals surface area contributed by atoms with Gasteiger partial charge in [0, 0.05) is 42.3 Å². The molecule has 1 aliphatic heterocycles. The van der Waals surface area contributed by atoms with Gasteiger partial charge in [0.1, 0.15) is 6.10 Å². The molecule has 0 amide bonds. The smallest absolute Gasteiger partial charge is 0.296 e. The number of nitrogens with one attached hydrogen (secondary N) is 1. The third kappa shape index (κ3) is 4.19. The van der Waals surface area contributed by atoms with Gasteiger partial charge in [-0.2, -0.15) is 4.98 Å². The molecule has 1 atom stereocenters. The molecule has 1 aromatic carbocycles. The van der Waals surface area contributed by atoms with Gasteiger partial charge in [0.15, 0.2) is 5.65 Å². The van der Waals surface area contributed by atoms with Crippen LogP contribution in [0.4, 0.5) is 5.69 Å². The van der Waals surface area contributed by atoms with E-state index in [1.54, 1.807) is 12.4 Å². The Kier molecular flexibility index (Phi) is 5.44. The number of H-pyrrole nitrogens is 1. The van der Waals surface area contributed by atoms with Crippen molar-refractivity contribution in [2.45, 2.75) is 13.0 Å². The topological polar surface area (TPSA) is 76.2 Å². The van der Waals surface area contributed by atoms with Gasteiger partial charge in [-0.05, 0) is 31.2 Å². The molecule has 31 heavy (non-hydrogen) atoms. The molecular formula is C23H22ClN5O2. The number of rotatable bonds is 5. The third-order valence-corrected chi connectivity index (χ3v) is 5.65. The second-order valence-electron chi connectivity index (χ2n) is 7.42. The first-order chi connectivity index (χ1) is 15.2. The van der Waals surface area contributed by atoms with Crippen LogP contribution in [-0.4, -0.2) is 46.2 Å². The summed E-state index contributed by atoms with van der Waals surface area (Å²) >= 11 is 6.55. The Balaban J connectivity index is 1.39. The van der Waals surface area contributed by atoms with Gasteiger partial charge in [0.25, 0.3) is 6.01 Å². The zero-order valence-electron chi connectivity index (χ0n) is 17.1. The fourth-order valence-corrected chi connectivity index (χ4v) is 3.92. The van der Waals surface area contributed by atoms with Gasteiger partial charge < -0.3 is 19.4 Å². The van der Waals surface area contributed by atoms with Gasteiger partial charge in [0.05, 0.1) is 29.4 Å². The first-order valence-electron chi connectivity index (χ1n) is 10.2. The molecule has 4 aromatic rings. The monoisotopic (exact) mass is 435 g/mol. The number of anilines is 1. The van der Waals surface area contributed by atoms with Crippen LogP contribution < -0.4 is 9.64 Å². The van der Waals surface area contributed by atoms with Crippen LogP contribution in [0.1, 0.15) is 18.6 Å². The van der Waals surface area contributed by atoms with E-state index in [1.165, 1.54) is 5.69 Å². The zero-order valence-corrected chi connectivity index (χ0v) is 17.8. The first kappa shape index (κ1) is 19.8. The van der Waals surface area contributed by atoms with Gasteiger partial charge >= 0.3 is 0 Å². The molecule has 5 rings (SSSR count). The Hall–Kier alpha value is -3.16. The third-order valence-electron chi connectivity index (χ3n) is 5.36. The number of pyridine rings is 2. The van der Waals surface area contributed by atoms with E-state index in [2.05, 4.69) is 37.0 Å². The molecule has 158 valence electrons. The van der Waals surface area contributed by atoms with Crippen molar-refractivity contribution in [1.29, 1.82) is 0 Å². The fourth-order valence-electron chi connectivity index (χ4n) is 3.66. The Morgan fingerprint density at radius 2 is 1.94 bits per heavy atom. The fraction of sp³-hybridized carbons (Fsp3) is 0.261. The van der Waals surface area contributed by atoms with E-state index < -0.39 is 0 Å². The van der Waals surface area contributed by atoms with Crippen molar-refractivity contribution in [2.75, 3.05) is 31.2 Å². The molecule has 1 unspecified atom stereocenters. The van der Waals surface area contributed by atoms with E-state index in [-0.39, 0.29) is 6.10 Å². The van der Waals surface area contributed by atoms with Crippen LogP contribution in [0.25, 0.3) is 22.4 Å². The number of fused-ring (bicyclic) bond motifs is 1. The van der Waals surface area contributed by atoms with Crippen LogP contribution in [0.15, 0.2) is 54.9 Å². The lowest BCUT2D eigenvalue weighted by molar-refractivity contribution is 0.122. The van der Waals surface area contributed by atoms with Crippen LogP contribution in [0.5, 0.6) is 6.01 Å². The van der Waals surface area contributed by atoms with Crippen molar-refractivity contribution in [2.24, 2.45) is 0 Å². The molecule has 1 aliphatic rings. The molecule has 8 heteroatoms. The molecule has 0 bridgehead atoms. The summed E-state index contributed by atoms with van der Waals surface area (Å²) in [7, 11) is 0. The molecule has 1 fully saturated rings. The average Bonchev–Trinajstić information content (AvgIpc) is 3.20. The summed E-state index contributed by atoms with van der Waals surface area (Å²) in [5.74, 6) is 0. The Morgan fingerprint density at radius 3 is 2.68 bits per heavy atom. The Bertz CT molecular complexity index is 1170. The number of halogens is 1. The van der Waals surface area contributed by atoms with Crippen molar-refractivity contribution in [3.05, 3.63) is 65.4 Å². The van der Waals surface area contributed by atoms with Crippen molar-refractivity contribution in [3.63, 3.8) is 0 Å². The van der Waals surface area contributed by atoms with E-state index >= 15 is 0 Å². The van der Waals surface area contributed by atoms with E-state index in [0.29, 0.717) is 22.4 Å². The van der Waals surface area contributed by atoms with Gasteiger partial charge in [-0.25, -0.2) is 4.98 Å². The second kappa shape index (κ2) is 8.53. The minimum atomic E-state index is -0.197. The van der Waals surface area contributed by atoms with Gasteiger partial charge in [-0.15, -0.1) is 0 Å². The van der Waals surface area contributed by atoms with E-state index in [9.17, 15) is 0 Å². The maximum absolute atomic E-state index is 6.55. The highest BCUT2D eigenvalue weighted by molar-refractivity contribution is 6.33. The highest BCUT2D eigenvalue weighted by Crippen LogP contribution is 2.31. The van der Waals surface area contributed by atoms with Crippen LogP contribution in [-0.2, 0) is 4.74 Å². The number of hydrogen-bond donors (Lipinski definition) is 1. The normalized spacial score (nSPS) is 15.2. The van der Waals surface area contributed by atoms with Crippen LogP contribution in [0.2, 0.25) is 5.02 Å². The number of ether oxygens (including phenoxy) is 2. The second-order valence-corrected chi connectivity index (χ2v) is 7.83. The lowest BCUT2D eigenvalue weighted by Crippen LogP contribution is -2.36. The summed E-state index contributed by atoms with van der Waals surface area (Å²) in [5, 5.41) is 0.558. The van der Waals surface area contributed by atoms with Crippen LogP contribution in [0.3, 0.4) is 0 Å².